The highest BCUT2D eigenvalue weighted by molar-refractivity contribution is 6.31. The summed E-state index contributed by atoms with van der Waals surface area (Å²) in [6.45, 7) is 1.83. The van der Waals surface area contributed by atoms with Crippen molar-refractivity contribution in [3.63, 3.8) is 0 Å². The highest BCUT2D eigenvalue weighted by atomic mass is 35.5. The standard InChI is InChI=1S/C26H17ClF3N3O2/c1-15-6-8-18(33-25(34)32-17-9-10-22(27)21(12-17)26(28,29)30)13-24(15)35-23-11-7-16(14-31)19-4-2-3-5-20(19)23/h2-13H,1H3,(H2,32,33,34). The summed E-state index contributed by atoms with van der Waals surface area (Å²) in [6, 6.07) is 20.2. The number of nitrogens with zero attached hydrogens (tertiary/aromatic N) is 1. The van der Waals surface area contributed by atoms with E-state index in [4.69, 9.17) is 16.3 Å². The van der Waals surface area contributed by atoms with Gasteiger partial charge in [0.2, 0.25) is 0 Å². The Morgan fingerprint density at radius 1 is 0.914 bits per heavy atom. The molecular formula is C26H17ClF3N3O2. The van der Waals surface area contributed by atoms with Gasteiger partial charge in [-0.15, -0.1) is 0 Å². The predicted octanol–water partition coefficient (Wildman–Crippen LogP) is 8.13. The van der Waals surface area contributed by atoms with Crippen LogP contribution in [0.25, 0.3) is 10.8 Å². The minimum absolute atomic E-state index is 0.0631. The minimum Gasteiger partial charge on any atom is -0.456 e. The van der Waals surface area contributed by atoms with Gasteiger partial charge >= 0.3 is 12.2 Å². The van der Waals surface area contributed by atoms with E-state index in [2.05, 4.69) is 16.7 Å². The van der Waals surface area contributed by atoms with Gasteiger partial charge in [0, 0.05) is 28.2 Å². The fourth-order valence-electron chi connectivity index (χ4n) is 3.48. The molecule has 4 aromatic carbocycles. The number of fused-ring (bicyclic) bond motifs is 1. The number of ether oxygens (including phenoxy) is 1. The number of rotatable bonds is 4. The summed E-state index contributed by atoms with van der Waals surface area (Å²) in [6.07, 6.45) is -4.65. The first-order valence-corrected chi connectivity index (χ1v) is 10.7. The number of nitriles is 1. The minimum atomic E-state index is -4.65. The normalized spacial score (nSPS) is 11.1. The molecule has 0 spiro atoms. The van der Waals surface area contributed by atoms with Crippen LogP contribution >= 0.6 is 11.6 Å². The lowest BCUT2D eigenvalue weighted by atomic mass is 10.0. The molecule has 0 saturated carbocycles. The van der Waals surface area contributed by atoms with Crippen LogP contribution in [-0.2, 0) is 6.18 Å². The van der Waals surface area contributed by atoms with Crippen LogP contribution in [-0.4, -0.2) is 6.03 Å². The van der Waals surface area contributed by atoms with Crippen molar-refractivity contribution in [1.82, 2.24) is 0 Å². The summed E-state index contributed by atoms with van der Waals surface area (Å²) in [5.74, 6) is 0.994. The van der Waals surface area contributed by atoms with Crippen LogP contribution in [0.5, 0.6) is 11.5 Å². The smallest absolute Gasteiger partial charge is 0.417 e. The van der Waals surface area contributed by atoms with Gasteiger partial charge in [0.15, 0.2) is 0 Å². The lowest BCUT2D eigenvalue weighted by molar-refractivity contribution is -0.137. The van der Waals surface area contributed by atoms with Crippen molar-refractivity contribution in [2.45, 2.75) is 13.1 Å². The number of carbonyl (C=O) groups is 1. The Morgan fingerprint density at radius 3 is 2.26 bits per heavy atom. The van der Waals surface area contributed by atoms with E-state index < -0.39 is 22.8 Å². The predicted molar refractivity (Wildman–Crippen MR) is 129 cm³/mol. The van der Waals surface area contributed by atoms with Crippen molar-refractivity contribution in [2.24, 2.45) is 0 Å². The number of amides is 2. The Labute approximate surface area is 203 Å². The third-order valence-electron chi connectivity index (χ3n) is 5.20. The third kappa shape index (κ3) is 5.31. The zero-order valence-electron chi connectivity index (χ0n) is 18.2. The molecule has 176 valence electrons. The topological polar surface area (TPSA) is 74.2 Å². The lowest BCUT2D eigenvalue weighted by Crippen LogP contribution is -2.20. The molecule has 0 aliphatic heterocycles. The Kier molecular flexibility index (Phi) is 6.54. The maximum Gasteiger partial charge on any atom is 0.417 e. The van der Waals surface area contributed by atoms with Gasteiger partial charge in [0.05, 0.1) is 22.2 Å². The van der Waals surface area contributed by atoms with Gasteiger partial charge < -0.3 is 15.4 Å². The molecule has 0 atom stereocenters. The van der Waals surface area contributed by atoms with Crippen LogP contribution in [0, 0.1) is 18.3 Å². The van der Waals surface area contributed by atoms with Crippen LogP contribution in [0.1, 0.15) is 16.7 Å². The first-order chi connectivity index (χ1) is 16.7. The molecule has 35 heavy (non-hydrogen) atoms. The molecule has 2 amide bonds. The van der Waals surface area contributed by atoms with E-state index in [-0.39, 0.29) is 5.69 Å². The molecule has 0 bridgehead atoms. The van der Waals surface area contributed by atoms with Crippen LogP contribution in [0.4, 0.5) is 29.3 Å². The third-order valence-corrected chi connectivity index (χ3v) is 5.53. The largest absolute Gasteiger partial charge is 0.456 e. The van der Waals surface area contributed by atoms with Gasteiger partial charge in [-0.2, -0.15) is 18.4 Å². The van der Waals surface area contributed by atoms with Gasteiger partial charge in [-0.25, -0.2) is 4.79 Å². The highest BCUT2D eigenvalue weighted by Gasteiger charge is 2.33. The maximum atomic E-state index is 13.1. The summed E-state index contributed by atoms with van der Waals surface area (Å²) < 4.78 is 45.3. The first-order valence-electron chi connectivity index (χ1n) is 10.3. The molecule has 0 aliphatic rings. The zero-order valence-corrected chi connectivity index (χ0v) is 19.0. The summed E-state index contributed by atoms with van der Waals surface area (Å²) in [5, 5.41) is 15.4. The first kappa shape index (κ1) is 23.9. The number of carbonyl (C=O) groups excluding carboxylic acids is 1. The van der Waals surface area contributed by atoms with Crippen LogP contribution in [0.15, 0.2) is 72.8 Å². The van der Waals surface area contributed by atoms with E-state index in [0.29, 0.717) is 22.7 Å². The van der Waals surface area contributed by atoms with Gasteiger partial charge in [0.25, 0.3) is 0 Å². The average Bonchev–Trinajstić information content (AvgIpc) is 2.82. The van der Waals surface area contributed by atoms with Gasteiger partial charge in [-0.1, -0.05) is 41.9 Å². The molecule has 0 aromatic heterocycles. The molecule has 0 radical (unpaired) electrons. The van der Waals surface area contributed by atoms with E-state index in [1.807, 2.05) is 31.2 Å². The second-order valence-electron chi connectivity index (χ2n) is 7.62. The molecule has 4 rings (SSSR count). The number of aryl methyl sites for hydroxylation is 1. The second-order valence-corrected chi connectivity index (χ2v) is 8.03. The van der Waals surface area contributed by atoms with E-state index in [1.54, 1.807) is 30.3 Å². The second kappa shape index (κ2) is 9.57. The molecule has 5 nitrogen and oxygen atoms in total. The molecule has 4 aromatic rings. The van der Waals surface area contributed by atoms with E-state index >= 15 is 0 Å². The molecule has 2 N–H and O–H groups in total. The summed E-state index contributed by atoms with van der Waals surface area (Å²) >= 11 is 5.62. The fraction of sp³-hybridized carbons (Fsp3) is 0.0769. The van der Waals surface area contributed by atoms with Gasteiger partial charge in [0.1, 0.15) is 11.5 Å². The molecule has 0 saturated heterocycles. The van der Waals surface area contributed by atoms with Gasteiger partial charge in [-0.3, -0.25) is 0 Å². The number of halogens is 4. The van der Waals surface area contributed by atoms with Crippen LogP contribution in [0.3, 0.4) is 0 Å². The van der Waals surface area contributed by atoms with Gasteiger partial charge in [-0.05, 0) is 48.9 Å². The van der Waals surface area contributed by atoms with Crippen LogP contribution < -0.4 is 15.4 Å². The summed E-state index contributed by atoms with van der Waals surface area (Å²) in [4.78, 5) is 12.4. The number of hydrogen-bond acceptors (Lipinski definition) is 3. The highest BCUT2D eigenvalue weighted by Crippen LogP contribution is 2.37. The molecule has 0 fully saturated rings. The van der Waals surface area contributed by atoms with Crippen molar-refractivity contribution in [1.29, 1.82) is 5.26 Å². The van der Waals surface area contributed by atoms with Crippen LogP contribution in [0.2, 0.25) is 5.02 Å². The summed E-state index contributed by atoms with van der Waals surface area (Å²) in [7, 11) is 0. The number of alkyl halides is 3. The van der Waals surface area contributed by atoms with E-state index in [1.165, 1.54) is 6.07 Å². The molecule has 9 heteroatoms. The average molecular weight is 496 g/mol. The monoisotopic (exact) mass is 495 g/mol. The van der Waals surface area contributed by atoms with Crippen molar-refractivity contribution in [3.05, 3.63) is 94.5 Å². The number of hydrogen-bond donors (Lipinski definition) is 2. The summed E-state index contributed by atoms with van der Waals surface area (Å²) in [5.41, 5.74) is 0.570. The SMILES string of the molecule is Cc1ccc(NC(=O)Nc2ccc(Cl)c(C(F)(F)F)c2)cc1Oc1ccc(C#N)c2ccccc12. The molecule has 0 unspecified atom stereocenters. The maximum absolute atomic E-state index is 13.1. The molecule has 0 heterocycles. The van der Waals surface area contributed by atoms with Crippen molar-refractivity contribution >= 4 is 39.8 Å². The fourth-order valence-corrected chi connectivity index (χ4v) is 3.70. The van der Waals surface area contributed by atoms with Crippen molar-refractivity contribution in [2.75, 3.05) is 10.6 Å². The zero-order chi connectivity index (χ0) is 25.2. The Bertz CT molecular complexity index is 1480. The Morgan fingerprint density at radius 2 is 1.57 bits per heavy atom. The van der Waals surface area contributed by atoms with Crippen molar-refractivity contribution in [3.8, 4) is 17.6 Å². The lowest BCUT2D eigenvalue weighted by Gasteiger charge is -2.15. The number of urea groups is 1. The molecule has 0 aliphatic carbocycles. The quantitative estimate of drug-likeness (QED) is 0.300. The Hall–Kier alpha value is -4.22. The Balaban J connectivity index is 1.55. The van der Waals surface area contributed by atoms with Crippen molar-refractivity contribution < 1.29 is 22.7 Å². The van der Waals surface area contributed by atoms with E-state index in [0.717, 1.165) is 28.5 Å². The number of benzene rings is 4. The number of anilines is 2. The van der Waals surface area contributed by atoms with E-state index in [9.17, 15) is 23.2 Å². The number of nitrogens with one attached hydrogen (secondary N) is 2. The molecular weight excluding hydrogens is 479 g/mol.